The van der Waals surface area contributed by atoms with Crippen LogP contribution < -0.4 is 5.32 Å². The van der Waals surface area contributed by atoms with Gasteiger partial charge >= 0.3 is 0 Å². The number of aromatic amines is 1. The predicted molar refractivity (Wildman–Crippen MR) is 99.6 cm³/mol. The van der Waals surface area contributed by atoms with Crippen LogP contribution in [0.2, 0.25) is 0 Å². The molecule has 1 unspecified atom stereocenters. The zero-order valence-corrected chi connectivity index (χ0v) is 14.5. The minimum Gasteiger partial charge on any atom is -0.376 e. The minimum atomic E-state index is 0.406. The summed E-state index contributed by atoms with van der Waals surface area (Å²) in [4.78, 5) is 7.58. The van der Waals surface area contributed by atoms with E-state index in [-0.39, 0.29) is 0 Å². The molecule has 0 saturated carbocycles. The molecule has 2 aliphatic rings. The second kappa shape index (κ2) is 6.24. The fourth-order valence-corrected chi connectivity index (χ4v) is 4.19. The van der Waals surface area contributed by atoms with Crippen molar-refractivity contribution in [2.75, 3.05) is 13.2 Å². The highest BCUT2D eigenvalue weighted by molar-refractivity contribution is 5.86. The molecule has 5 rings (SSSR count). The number of ether oxygens (including phenoxy) is 1. The van der Waals surface area contributed by atoms with Crippen molar-refractivity contribution in [1.82, 2.24) is 15.3 Å². The maximum Gasteiger partial charge on any atom is 0.138 e. The molecule has 2 aliphatic heterocycles. The molecular formula is C21H20N4O. The summed E-state index contributed by atoms with van der Waals surface area (Å²) in [5.74, 6) is 0. The summed E-state index contributed by atoms with van der Waals surface area (Å²) in [6.07, 6.45) is 6.95. The van der Waals surface area contributed by atoms with E-state index < -0.39 is 0 Å². The molecule has 2 N–H and O–H groups in total. The Labute approximate surface area is 152 Å². The normalized spacial score (nSPS) is 19.4. The van der Waals surface area contributed by atoms with Gasteiger partial charge in [-0.1, -0.05) is 6.07 Å². The van der Waals surface area contributed by atoms with Crippen LogP contribution in [0.1, 0.15) is 41.1 Å². The van der Waals surface area contributed by atoms with E-state index in [4.69, 9.17) is 4.74 Å². The maximum atomic E-state index is 9.31. The SMILES string of the molecule is N#Cc1c[nH]c2ncc(-c3cc4c(c(C5CCCN5)c3)COCC4)cc12. The van der Waals surface area contributed by atoms with Crippen LogP contribution in [-0.2, 0) is 17.8 Å². The average molecular weight is 344 g/mol. The predicted octanol–water partition coefficient (Wildman–Crippen LogP) is 3.60. The fourth-order valence-electron chi connectivity index (χ4n) is 4.19. The number of hydrogen-bond acceptors (Lipinski definition) is 4. The van der Waals surface area contributed by atoms with Crippen molar-refractivity contribution in [2.45, 2.75) is 31.9 Å². The Kier molecular flexibility index (Phi) is 3.74. The molecule has 1 fully saturated rings. The molecule has 4 heterocycles. The molecule has 130 valence electrons. The van der Waals surface area contributed by atoms with Crippen molar-refractivity contribution >= 4 is 11.0 Å². The number of fused-ring (bicyclic) bond motifs is 2. The minimum absolute atomic E-state index is 0.406. The molecule has 3 aromatic rings. The third-order valence-electron chi connectivity index (χ3n) is 5.56. The van der Waals surface area contributed by atoms with E-state index in [1.807, 2.05) is 6.20 Å². The van der Waals surface area contributed by atoms with E-state index in [9.17, 15) is 5.26 Å². The maximum absolute atomic E-state index is 9.31. The van der Waals surface area contributed by atoms with Gasteiger partial charge in [-0.05, 0) is 60.2 Å². The molecule has 5 heteroatoms. The second-order valence-corrected chi connectivity index (χ2v) is 7.09. The molecule has 1 saturated heterocycles. The van der Waals surface area contributed by atoms with Gasteiger partial charge in [-0.25, -0.2) is 4.98 Å². The third kappa shape index (κ3) is 2.50. The molecule has 0 bridgehead atoms. The topological polar surface area (TPSA) is 73.7 Å². The van der Waals surface area contributed by atoms with Gasteiger partial charge < -0.3 is 15.0 Å². The van der Waals surface area contributed by atoms with Crippen molar-refractivity contribution in [3.8, 4) is 17.2 Å². The summed E-state index contributed by atoms with van der Waals surface area (Å²) in [7, 11) is 0. The first kappa shape index (κ1) is 15.6. The molecular weight excluding hydrogens is 324 g/mol. The number of H-pyrrole nitrogens is 1. The molecule has 0 aliphatic carbocycles. The van der Waals surface area contributed by atoms with E-state index >= 15 is 0 Å². The molecule has 1 aromatic carbocycles. The Hall–Kier alpha value is -2.68. The van der Waals surface area contributed by atoms with Crippen molar-refractivity contribution in [2.24, 2.45) is 0 Å². The molecule has 5 nitrogen and oxygen atoms in total. The summed E-state index contributed by atoms with van der Waals surface area (Å²) in [5.41, 5.74) is 7.73. The van der Waals surface area contributed by atoms with Gasteiger partial charge in [0.15, 0.2) is 0 Å². The largest absolute Gasteiger partial charge is 0.376 e. The number of aromatic nitrogens is 2. The van der Waals surface area contributed by atoms with Gasteiger partial charge in [0.2, 0.25) is 0 Å². The van der Waals surface area contributed by atoms with Crippen LogP contribution in [0.5, 0.6) is 0 Å². The van der Waals surface area contributed by atoms with Crippen LogP contribution in [0.3, 0.4) is 0 Å². The molecule has 0 radical (unpaired) electrons. The van der Waals surface area contributed by atoms with Gasteiger partial charge in [-0.2, -0.15) is 5.26 Å². The van der Waals surface area contributed by atoms with Crippen LogP contribution in [0.15, 0.2) is 30.6 Å². The number of hydrogen-bond donors (Lipinski definition) is 2. The summed E-state index contributed by atoms with van der Waals surface area (Å²) in [5, 5.41) is 13.8. The Morgan fingerprint density at radius 3 is 3.04 bits per heavy atom. The first-order valence-electron chi connectivity index (χ1n) is 9.18. The molecule has 0 amide bonds. The van der Waals surface area contributed by atoms with Crippen LogP contribution in [0.4, 0.5) is 0 Å². The monoisotopic (exact) mass is 344 g/mol. The Bertz CT molecular complexity index is 1020. The van der Waals surface area contributed by atoms with Gasteiger partial charge in [0.25, 0.3) is 0 Å². The highest BCUT2D eigenvalue weighted by Gasteiger charge is 2.24. The smallest absolute Gasteiger partial charge is 0.138 e. The van der Waals surface area contributed by atoms with Crippen molar-refractivity contribution in [3.63, 3.8) is 0 Å². The molecule has 26 heavy (non-hydrogen) atoms. The summed E-state index contributed by atoms with van der Waals surface area (Å²) >= 11 is 0. The second-order valence-electron chi connectivity index (χ2n) is 7.09. The lowest BCUT2D eigenvalue weighted by Gasteiger charge is -2.24. The first-order valence-corrected chi connectivity index (χ1v) is 9.18. The molecule has 2 aromatic heterocycles. The van der Waals surface area contributed by atoms with Crippen LogP contribution in [0, 0.1) is 11.3 Å². The van der Waals surface area contributed by atoms with Gasteiger partial charge in [0.1, 0.15) is 11.7 Å². The summed E-state index contributed by atoms with van der Waals surface area (Å²) < 4.78 is 5.74. The number of benzene rings is 1. The van der Waals surface area contributed by atoms with E-state index in [1.54, 1.807) is 6.20 Å². The van der Waals surface area contributed by atoms with Crippen LogP contribution in [0.25, 0.3) is 22.2 Å². The Balaban J connectivity index is 1.67. The average Bonchev–Trinajstić information content (AvgIpc) is 3.36. The standard InChI is InChI=1S/C21H20N4O/c22-9-16-11-25-21-17(16)8-15(10-24-21)14-6-13-3-5-26-12-19(13)18(7-14)20-2-1-4-23-20/h6-8,10-11,20,23H,1-5,12H2,(H,24,25). The highest BCUT2D eigenvalue weighted by atomic mass is 16.5. The Morgan fingerprint density at radius 1 is 1.23 bits per heavy atom. The highest BCUT2D eigenvalue weighted by Crippen LogP contribution is 2.35. The van der Waals surface area contributed by atoms with Gasteiger partial charge in [0, 0.05) is 29.4 Å². The summed E-state index contributed by atoms with van der Waals surface area (Å²) in [6, 6.07) is 9.28. The zero-order chi connectivity index (χ0) is 17.5. The van der Waals surface area contributed by atoms with Crippen LogP contribution in [-0.4, -0.2) is 23.1 Å². The lowest BCUT2D eigenvalue weighted by molar-refractivity contribution is 0.109. The van der Waals surface area contributed by atoms with Gasteiger partial charge in [-0.15, -0.1) is 0 Å². The third-order valence-corrected chi connectivity index (χ3v) is 5.56. The quantitative estimate of drug-likeness (QED) is 0.745. The molecule has 0 spiro atoms. The van der Waals surface area contributed by atoms with E-state index in [0.717, 1.165) is 36.2 Å². The molecule has 1 atom stereocenters. The number of nitriles is 1. The summed E-state index contributed by atoms with van der Waals surface area (Å²) in [6.45, 7) is 2.56. The van der Waals surface area contributed by atoms with Crippen molar-refractivity contribution in [1.29, 1.82) is 5.26 Å². The van der Waals surface area contributed by atoms with Gasteiger partial charge in [-0.3, -0.25) is 0 Å². The Morgan fingerprint density at radius 2 is 2.19 bits per heavy atom. The van der Waals surface area contributed by atoms with Crippen molar-refractivity contribution < 1.29 is 4.74 Å². The first-order chi connectivity index (χ1) is 12.8. The number of rotatable bonds is 2. The van der Waals surface area contributed by atoms with Crippen LogP contribution >= 0.6 is 0 Å². The number of nitrogens with one attached hydrogen (secondary N) is 2. The fraction of sp³-hybridized carbons (Fsp3) is 0.333. The van der Waals surface area contributed by atoms with E-state index in [2.05, 4.69) is 39.6 Å². The zero-order valence-electron chi connectivity index (χ0n) is 14.5. The number of pyridine rings is 1. The van der Waals surface area contributed by atoms with E-state index in [1.165, 1.54) is 35.1 Å². The number of nitrogens with zero attached hydrogens (tertiary/aromatic N) is 2. The van der Waals surface area contributed by atoms with E-state index in [0.29, 0.717) is 18.2 Å². The lowest BCUT2D eigenvalue weighted by Crippen LogP contribution is -2.19. The lowest BCUT2D eigenvalue weighted by atomic mass is 9.88. The van der Waals surface area contributed by atoms with Crippen molar-refractivity contribution in [3.05, 3.63) is 52.8 Å². The van der Waals surface area contributed by atoms with Gasteiger partial charge in [0.05, 0.1) is 18.8 Å².